The van der Waals surface area contributed by atoms with Crippen LogP contribution in [0.1, 0.15) is 29.2 Å². The summed E-state index contributed by atoms with van der Waals surface area (Å²) in [6.07, 6.45) is 0. The Kier molecular flexibility index (Phi) is 4.38. The molecule has 134 valence electrons. The van der Waals surface area contributed by atoms with Gasteiger partial charge in [0.2, 0.25) is 0 Å². The molecule has 1 aliphatic carbocycles. The van der Waals surface area contributed by atoms with Crippen LogP contribution in [0.3, 0.4) is 0 Å². The number of benzene rings is 3. The summed E-state index contributed by atoms with van der Waals surface area (Å²) in [6.45, 7) is 2.29. The smallest absolute Gasteiger partial charge is 0.335 e. The Morgan fingerprint density at radius 3 is 2.11 bits per heavy atom. The zero-order valence-electron chi connectivity index (χ0n) is 15.1. The molecule has 4 rings (SSSR count). The van der Waals surface area contributed by atoms with E-state index in [1.165, 1.54) is 0 Å². The molecule has 0 spiro atoms. The summed E-state index contributed by atoms with van der Waals surface area (Å²) >= 11 is 0. The zero-order chi connectivity index (χ0) is 18.9. The minimum Gasteiger partial charge on any atom is -0.478 e. The van der Waals surface area contributed by atoms with Crippen LogP contribution in [0.25, 0.3) is 5.57 Å². The van der Waals surface area contributed by atoms with E-state index >= 15 is 0 Å². The van der Waals surface area contributed by atoms with E-state index in [-0.39, 0.29) is 5.57 Å². The standard InChI is InChI=1S/C24H20O3/c1-2-27-24(18-13-7-4-8-14-18)20-16-10-9-15-19(20)21(22(24)23(25)26)17-11-5-3-6-12-17/h3-16H,2H2,1H3,(H,25,26). The zero-order valence-corrected chi connectivity index (χ0v) is 15.1. The van der Waals surface area contributed by atoms with E-state index in [9.17, 15) is 9.90 Å². The molecule has 3 heteroatoms. The maximum atomic E-state index is 12.6. The summed E-state index contributed by atoms with van der Waals surface area (Å²) in [5.41, 5.74) is 3.32. The van der Waals surface area contributed by atoms with Crippen LogP contribution in [-0.4, -0.2) is 17.7 Å². The molecule has 1 unspecified atom stereocenters. The van der Waals surface area contributed by atoms with Gasteiger partial charge in [-0.3, -0.25) is 0 Å². The van der Waals surface area contributed by atoms with Gasteiger partial charge in [0.05, 0.1) is 5.57 Å². The molecule has 3 aromatic rings. The number of carboxylic acids is 1. The van der Waals surface area contributed by atoms with Crippen molar-refractivity contribution in [2.75, 3.05) is 6.61 Å². The molecule has 0 saturated heterocycles. The third kappa shape index (κ3) is 2.59. The van der Waals surface area contributed by atoms with Crippen LogP contribution >= 0.6 is 0 Å². The molecule has 3 aromatic carbocycles. The van der Waals surface area contributed by atoms with Crippen molar-refractivity contribution in [1.82, 2.24) is 0 Å². The quantitative estimate of drug-likeness (QED) is 0.710. The van der Waals surface area contributed by atoms with E-state index in [2.05, 4.69) is 0 Å². The molecule has 0 bridgehead atoms. The second-order valence-electron chi connectivity index (χ2n) is 6.45. The Hall–Kier alpha value is -3.17. The molecular formula is C24H20O3. The first-order valence-electron chi connectivity index (χ1n) is 9.03. The number of ether oxygens (including phenoxy) is 1. The third-order valence-electron chi connectivity index (χ3n) is 5.00. The summed E-state index contributed by atoms with van der Waals surface area (Å²) in [7, 11) is 0. The van der Waals surface area contributed by atoms with Gasteiger partial charge >= 0.3 is 5.97 Å². The molecule has 0 aromatic heterocycles. The van der Waals surface area contributed by atoms with Gasteiger partial charge in [0.25, 0.3) is 0 Å². The molecule has 0 aliphatic heterocycles. The van der Waals surface area contributed by atoms with Crippen molar-refractivity contribution >= 4 is 11.5 Å². The van der Waals surface area contributed by atoms with Gasteiger partial charge in [0.1, 0.15) is 0 Å². The number of carbonyl (C=O) groups is 1. The predicted molar refractivity (Wildman–Crippen MR) is 105 cm³/mol. The average molecular weight is 356 g/mol. The molecule has 0 fully saturated rings. The van der Waals surface area contributed by atoms with Crippen LogP contribution in [0.15, 0.2) is 90.5 Å². The Bertz CT molecular complexity index is 1010. The monoisotopic (exact) mass is 356 g/mol. The normalized spacial score (nSPS) is 18.4. The van der Waals surface area contributed by atoms with Crippen LogP contribution in [0.5, 0.6) is 0 Å². The molecule has 1 aliphatic rings. The summed E-state index contributed by atoms with van der Waals surface area (Å²) in [4.78, 5) is 12.6. The van der Waals surface area contributed by atoms with Crippen molar-refractivity contribution in [3.63, 3.8) is 0 Å². The molecule has 27 heavy (non-hydrogen) atoms. The van der Waals surface area contributed by atoms with Gasteiger partial charge < -0.3 is 9.84 Å². The lowest BCUT2D eigenvalue weighted by molar-refractivity contribution is -0.135. The van der Waals surface area contributed by atoms with Crippen molar-refractivity contribution in [2.24, 2.45) is 0 Å². The van der Waals surface area contributed by atoms with Gasteiger partial charge in [-0.1, -0.05) is 84.9 Å². The Labute approximate surface area is 158 Å². The van der Waals surface area contributed by atoms with Crippen molar-refractivity contribution in [2.45, 2.75) is 12.5 Å². The molecular weight excluding hydrogens is 336 g/mol. The van der Waals surface area contributed by atoms with Crippen LogP contribution in [0.4, 0.5) is 0 Å². The van der Waals surface area contributed by atoms with Gasteiger partial charge in [-0.15, -0.1) is 0 Å². The Morgan fingerprint density at radius 2 is 1.48 bits per heavy atom. The number of carboxylic acid groups (broad SMARTS) is 1. The molecule has 1 atom stereocenters. The Morgan fingerprint density at radius 1 is 0.889 bits per heavy atom. The fraction of sp³-hybridized carbons (Fsp3) is 0.125. The highest BCUT2D eigenvalue weighted by molar-refractivity contribution is 6.07. The lowest BCUT2D eigenvalue weighted by Gasteiger charge is -2.32. The first-order chi connectivity index (χ1) is 13.2. The second kappa shape index (κ2) is 6.86. The number of aliphatic carboxylic acids is 1. The highest BCUT2D eigenvalue weighted by atomic mass is 16.5. The van der Waals surface area contributed by atoms with E-state index < -0.39 is 11.6 Å². The predicted octanol–water partition coefficient (Wildman–Crippen LogP) is 4.87. The lowest BCUT2D eigenvalue weighted by Crippen LogP contribution is -2.35. The fourth-order valence-electron chi connectivity index (χ4n) is 4.04. The van der Waals surface area contributed by atoms with Gasteiger partial charge in [-0.2, -0.15) is 0 Å². The number of hydrogen-bond acceptors (Lipinski definition) is 2. The number of fused-ring (bicyclic) bond motifs is 1. The summed E-state index contributed by atoms with van der Waals surface area (Å²) in [6, 6.07) is 27.1. The Balaban J connectivity index is 2.14. The van der Waals surface area contributed by atoms with Gasteiger partial charge in [0, 0.05) is 17.7 Å². The molecule has 1 N–H and O–H groups in total. The summed E-state index contributed by atoms with van der Waals surface area (Å²) < 4.78 is 6.29. The van der Waals surface area contributed by atoms with Crippen LogP contribution in [0, 0.1) is 0 Å². The van der Waals surface area contributed by atoms with E-state index in [4.69, 9.17) is 4.74 Å². The van der Waals surface area contributed by atoms with Gasteiger partial charge in [-0.05, 0) is 23.6 Å². The summed E-state index contributed by atoms with van der Waals surface area (Å²) in [5.74, 6) is -0.970. The minimum atomic E-state index is -1.14. The molecule has 0 heterocycles. The first-order valence-corrected chi connectivity index (χ1v) is 9.03. The first kappa shape index (κ1) is 17.3. The highest BCUT2D eigenvalue weighted by Gasteiger charge is 2.50. The molecule has 0 saturated carbocycles. The topological polar surface area (TPSA) is 46.5 Å². The van der Waals surface area contributed by atoms with E-state index in [1.54, 1.807) is 0 Å². The largest absolute Gasteiger partial charge is 0.478 e. The second-order valence-corrected chi connectivity index (χ2v) is 6.45. The number of hydrogen-bond donors (Lipinski definition) is 1. The minimum absolute atomic E-state index is 0.267. The van der Waals surface area contributed by atoms with E-state index in [1.807, 2.05) is 91.9 Å². The lowest BCUT2D eigenvalue weighted by atomic mass is 9.82. The van der Waals surface area contributed by atoms with Crippen molar-refractivity contribution in [1.29, 1.82) is 0 Å². The van der Waals surface area contributed by atoms with Crippen LogP contribution in [-0.2, 0) is 15.1 Å². The average Bonchev–Trinajstić information content (AvgIpc) is 3.01. The van der Waals surface area contributed by atoms with E-state index in [0.717, 1.165) is 27.8 Å². The number of rotatable bonds is 5. The van der Waals surface area contributed by atoms with Crippen LogP contribution in [0.2, 0.25) is 0 Å². The molecule has 3 nitrogen and oxygen atoms in total. The SMILES string of the molecule is CCOC1(c2ccccc2)C(C(=O)O)=C(c2ccccc2)c2ccccc21. The van der Waals surface area contributed by atoms with E-state index in [0.29, 0.717) is 6.61 Å². The van der Waals surface area contributed by atoms with Crippen molar-refractivity contribution in [3.8, 4) is 0 Å². The molecule has 0 amide bonds. The molecule has 0 radical (unpaired) electrons. The third-order valence-corrected chi connectivity index (χ3v) is 5.00. The van der Waals surface area contributed by atoms with Crippen molar-refractivity contribution < 1.29 is 14.6 Å². The van der Waals surface area contributed by atoms with Gasteiger partial charge in [0.15, 0.2) is 5.60 Å². The maximum absolute atomic E-state index is 12.6. The fourth-order valence-corrected chi connectivity index (χ4v) is 4.04. The summed E-state index contributed by atoms with van der Waals surface area (Å²) in [5, 5.41) is 10.3. The van der Waals surface area contributed by atoms with Gasteiger partial charge in [-0.25, -0.2) is 4.79 Å². The van der Waals surface area contributed by atoms with Crippen LogP contribution < -0.4 is 0 Å². The van der Waals surface area contributed by atoms with Crippen molar-refractivity contribution in [3.05, 3.63) is 113 Å². The highest BCUT2D eigenvalue weighted by Crippen LogP contribution is 2.53. The maximum Gasteiger partial charge on any atom is 0.335 e.